The molecule has 3 aromatic rings. The number of carbonyl (C=O) groups excluding carboxylic acids is 1. The Labute approximate surface area is 224 Å². The zero-order valence-electron chi connectivity index (χ0n) is 17.9. The highest BCUT2D eigenvalue weighted by Crippen LogP contribution is 2.38. The first-order valence-electron chi connectivity index (χ1n) is 10.0. The van der Waals surface area contributed by atoms with Gasteiger partial charge in [-0.3, -0.25) is 4.79 Å². The fraction of sp³-hybridized carbons (Fsp3) is 0.120. The van der Waals surface area contributed by atoms with Crippen molar-refractivity contribution in [2.75, 3.05) is 11.9 Å². The number of carbonyl (C=O) groups is 1. The Morgan fingerprint density at radius 2 is 1.88 bits per heavy atom. The van der Waals surface area contributed by atoms with E-state index < -0.39 is 5.91 Å². The number of nitrogens with zero attached hydrogens (tertiary/aromatic N) is 1. The molecule has 34 heavy (non-hydrogen) atoms. The van der Waals surface area contributed by atoms with Gasteiger partial charge in [-0.25, -0.2) is 0 Å². The van der Waals surface area contributed by atoms with Crippen LogP contribution in [0.25, 0.3) is 6.08 Å². The standard InChI is InChI=1S/C25H18Br2Cl2N2O3/c1-2-33-23-11-16(8-17(13-30)25(32)31-19-5-3-4-18(26)12-19)9-20(27)24(23)34-14-15-6-7-21(28)22(29)10-15/h3-12H,2,14H2,1H3,(H,31,32)/b17-8-. The topological polar surface area (TPSA) is 71.3 Å². The predicted octanol–water partition coefficient (Wildman–Crippen LogP) is 8.04. The van der Waals surface area contributed by atoms with E-state index in [1.807, 2.05) is 25.1 Å². The van der Waals surface area contributed by atoms with Crippen LogP contribution in [0.2, 0.25) is 10.0 Å². The van der Waals surface area contributed by atoms with Crippen molar-refractivity contribution in [3.63, 3.8) is 0 Å². The average Bonchev–Trinajstić information content (AvgIpc) is 2.79. The smallest absolute Gasteiger partial charge is 0.266 e. The lowest BCUT2D eigenvalue weighted by atomic mass is 10.1. The minimum Gasteiger partial charge on any atom is -0.490 e. The first-order valence-corrected chi connectivity index (χ1v) is 12.4. The molecule has 0 aliphatic heterocycles. The Kier molecular flexibility index (Phi) is 9.43. The number of benzene rings is 3. The fourth-order valence-electron chi connectivity index (χ4n) is 2.94. The summed E-state index contributed by atoms with van der Waals surface area (Å²) >= 11 is 18.9. The molecule has 0 aromatic heterocycles. The van der Waals surface area contributed by atoms with E-state index in [-0.39, 0.29) is 12.2 Å². The number of amides is 1. The van der Waals surface area contributed by atoms with Crippen LogP contribution in [0.4, 0.5) is 5.69 Å². The van der Waals surface area contributed by atoms with Crippen LogP contribution in [0.3, 0.4) is 0 Å². The zero-order chi connectivity index (χ0) is 24.7. The van der Waals surface area contributed by atoms with E-state index in [1.54, 1.807) is 42.5 Å². The highest BCUT2D eigenvalue weighted by atomic mass is 79.9. The highest BCUT2D eigenvalue weighted by Gasteiger charge is 2.15. The molecule has 5 nitrogen and oxygen atoms in total. The maximum Gasteiger partial charge on any atom is 0.266 e. The molecule has 0 fully saturated rings. The number of hydrogen-bond acceptors (Lipinski definition) is 4. The summed E-state index contributed by atoms with van der Waals surface area (Å²) in [6.45, 7) is 2.49. The Morgan fingerprint density at radius 1 is 1.09 bits per heavy atom. The number of rotatable bonds is 8. The van der Waals surface area contributed by atoms with E-state index >= 15 is 0 Å². The molecule has 1 N–H and O–H groups in total. The van der Waals surface area contributed by atoms with Crippen LogP contribution in [0.15, 0.2) is 69.1 Å². The van der Waals surface area contributed by atoms with Crippen molar-refractivity contribution in [1.29, 1.82) is 5.26 Å². The zero-order valence-corrected chi connectivity index (χ0v) is 22.6. The van der Waals surface area contributed by atoms with E-state index in [4.69, 9.17) is 32.7 Å². The Balaban J connectivity index is 1.85. The number of ether oxygens (including phenoxy) is 2. The van der Waals surface area contributed by atoms with Crippen molar-refractivity contribution in [3.8, 4) is 17.6 Å². The summed E-state index contributed by atoms with van der Waals surface area (Å²) in [7, 11) is 0. The second-order valence-corrected chi connectivity index (χ2v) is 9.52. The molecule has 0 unspecified atom stereocenters. The third kappa shape index (κ3) is 7.00. The molecule has 0 aliphatic carbocycles. The van der Waals surface area contributed by atoms with Crippen molar-refractivity contribution in [3.05, 3.63) is 90.3 Å². The van der Waals surface area contributed by atoms with E-state index in [1.165, 1.54) is 6.08 Å². The van der Waals surface area contributed by atoms with Gasteiger partial charge in [0, 0.05) is 10.2 Å². The monoisotopic (exact) mass is 622 g/mol. The van der Waals surface area contributed by atoms with Crippen molar-refractivity contribution >= 4 is 72.7 Å². The Morgan fingerprint density at radius 3 is 2.56 bits per heavy atom. The lowest BCUT2D eigenvalue weighted by molar-refractivity contribution is -0.112. The molecule has 0 aliphatic rings. The number of nitrogens with one attached hydrogen (secondary N) is 1. The van der Waals surface area contributed by atoms with Gasteiger partial charge >= 0.3 is 0 Å². The van der Waals surface area contributed by atoms with Crippen LogP contribution in [0.5, 0.6) is 11.5 Å². The van der Waals surface area contributed by atoms with Gasteiger partial charge in [-0.15, -0.1) is 0 Å². The van der Waals surface area contributed by atoms with Gasteiger partial charge in [0.05, 0.1) is 21.1 Å². The summed E-state index contributed by atoms with van der Waals surface area (Å²) in [4.78, 5) is 12.6. The number of hydrogen-bond donors (Lipinski definition) is 1. The largest absolute Gasteiger partial charge is 0.490 e. The van der Waals surface area contributed by atoms with Gasteiger partial charge in [0.25, 0.3) is 5.91 Å². The van der Waals surface area contributed by atoms with Crippen molar-refractivity contribution in [2.45, 2.75) is 13.5 Å². The summed E-state index contributed by atoms with van der Waals surface area (Å²) in [5.41, 5.74) is 1.95. The van der Waals surface area contributed by atoms with E-state index in [9.17, 15) is 10.1 Å². The maximum atomic E-state index is 12.6. The van der Waals surface area contributed by atoms with E-state index in [0.29, 0.717) is 43.9 Å². The van der Waals surface area contributed by atoms with Crippen LogP contribution in [-0.2, 0) is 11.4 Å². The molecule has 3 rings (SSSR count). The summed E-state index contributed by atoms with van der Waals surface area (Å²) in [5.74, 6) is 0.435. The van der Waals surface area contributed by atoms with Crippen molar-refractivity contribution < 1.29 is 14.3 Å². The molecular weight excluding hydrogens is 607 g/mol. The van der Waals surface area contributed by atoms with Gasteiger partial charge in [0.2, 0.25) is 0 Å². The van der Waals surface area contributed by atoms with Crippen molar-refractivity contribution in [2.24, 2.45) is 0 Å². The maximum absolute atomic E-state index is 12.6. The highest BCUT2D eigenvalue weighted by molar-refractivity contribution is 9.10. The third-order valence-corrected chi connectivity index (χ3v) is 6.28. The first kappa shape index (κ1) is 26.1. The van der Waals surface area contributed by atoms with Crippen LogP contribution in [0.1, 0.15) is 18.1 Å². The summed E-state index contributed by atoms with van der Waals surface area (Å²) in [6, 6.07) is 17.8. The van der Waals surface area contributed by atoms with Crippen molar-refractivity contribution in [1.82, 2.24) is 0 Å². The lowest BCUT2D eigenvalue weighted by Gasteiger charge is -2.15. The Bertz CT molecular complexity index is 1290. The molecule has 174 valence electrons. The molecule has 0 heterocycles. The van der Waals surface area contributed by atoms with Gasteiger partial charge in [-0.1, -0.05) is 51.3 Å². The minimum atomic E-state index is -0.519. The second-order valence-electron chi connectivity index (χ2n) is 6.93. The van der Waals surface area contributed by atoms with Crippen LogP contribution >= 0.6 is 55.1 Å². The molecule has 0 atom stereocenters. The third-order valence-electron chi connectivity index (χ3n) is 4.46. The minimum absolute atomic E-state index is 0.0567. The lowest BCUT2D eigenvalue weighted by Crippen LogP contribution is -2.13. The summed E-state index contributed by atoms with van der Waals surface area (Å²) < 4.78 is 13.2. The van der Waals surface area contributed by atoms with Crippen LogP contribution in [0, 0.1) is 11.3 Å². The van der Waals surface area contributed by atoms with Gasteiger partial charge in [-0.2, -0.15) is 5.26 Å². The average molecular weight is 625 g/mol. The van der Waals surface area contributed by atoms with Crippen LogP contribution < -0.4 is 14.8 Å². The van der Waals surface area contributed by atoms with Crippen LogP contribution in [-0.4, -0.2) is 12.5 Å². The Hall–Kier alpha value is -2.50. The second kappa shape index (κ2) is 12.3. The molecule has 0 saturated heterocycles. The quantitative estimate of drug-likeness (QED) is 0.203. The van der Waals surface area contributed by atoms with Gasteiger partial charge in [0.15, 0.2) is 11.5 Å². The van der Waals surface area contributed by atoms with Gasteiger partial charge in [0.1, 0.15) is 18.2 Å². The van der Waals surface area contributed by atoms with E-state index in [0.717, 1.165) is 10.0 Å². The normalized spacial score (nSPS) is 11.0. The SMILES string of the molecule is CCOc1cc(/C=C(/C#N)C(=O)Nc2cccc(Br)c2)cc(Br)c1OCc1ccc(Cl)c(Cl)c1. The number of halogens is 4. The molecule has 9 heteroatoms. The molecule has 0 radical (unpaired) electrons. The van der Waals surface area contributed by atoms with Gasteiger partial charge < -0.3 is 14.8 Å². The summed E-state index contributed by atoms with van der Waals surface area (Å²) in [5, 5.41) is 13.2. The fourth-order valence-corrected chi connectivity index (χ4v) is 4.23. The molecular formula is C25H18Br2Cl2N2O3. The number of nitriles is 1. The first-order chi connectivity index (χ1) is 16.3. The molecule has 0 saturated carbocycles. The van der Waals surface area contributed by atoms with Gasteiger partial charge in [-0.05, 0) is 82.5 Å². The number of anilines is 1. The van der Waals surface area contributed by atoms with E-state index in [2.05, 4.69) is 37.2 Å². The molecule has 0 bridgehead atoms. The predicted molar refractivity (Wildman–Crippen MR) is 142 cm³/mol. The molecule has 3 aromatic carbocycles. The molecule has 0 spiro atoms. The summed E-state index contributed by atoms with van der Waals surface area (Å²) in [6.07, 6.45) is 1.49. The molecule has 1 amide bonds.